The standard InChI is InChI=1S/C24H20N4O5/c1-16-4-8-19(9-5-16)27-22(29)13-21(24(27)31)26(15-17-3-2-12-25-14-17)23(30)18-6-10-20(11-7-18)28(32)33/h2-12,14,21H,13,15H2,1H3. The first-order valence-corrected chi connectivity index (χ1v) is 10.2. The number of amides is 3. The lowest BCUT2D eigenvalue weighted by Crippen LogP contribution is -2.45. The molecule has 4 rings (SSSR count). The fraction of sp³-hybridized carbons (Fsp3) is 0.167. The van der Waals surface area contributed by atoms with Gasteiger partial charge < -0.3 is 4.90 Å². The summed E-state index contributed by atoms with van der Waals surface area (Å²) in [4.78, 5) is 56.4. The minimum atomic E-state index is -1.01. The minimum Gasteiger partial charge on any atom is -0.322 e. The Bertz CT molecular complexity index is 1210. The number of nitrogens with zero attached hydrogens (tertiary/aromatic N) is 4. The van der Waals surface area contributed by atoms with Crippen LogP contribution in [0.2, 0.25) is 0 Å². The zero-order valence-electron chi connectivity index (χ0n) is 17.7. The van der Waals surface area contributed by atoms with Crippen molar-refractivity contribution in [1.82, 2.24) is 9.88 Å². The van der Waals surface area contributed by atoms with E-state index in [1.165, 1.54) is 29.2 Å². The Morgan fingerprint density at radius 3 is 2.42 bits per heavy atom. The van der Waals surface area contributed by atoms with E-state index in [4.69, 9.17) is 0 Å². The SMILES string of the molecule is Cc1ccc(N2C(=O)CC(N(Cc3cccnc3)C(=O)c3ccc([N+](=O)[O-])cc3)C2=O)cc1. The molecule has 1 aliphatic heterocycles. The first-order valence-electron chi connectivity index (χ1n) is 10.2. The van der Waals surface area contributed by atoms with Gasteiger partial charge in [-0.15, -0.1) is 0 Å². The van der Waals surface area contributed by atoms with Crippen LogP contribution < -0.4 is 4.90 Å². The maximum absolute atomic E-state index is 13.4. The third-order valence-electron chi connectivity index (χ3n) is 5.45. The summed E-state index contributed by atoms with van der Waals surface area (Å²) in [6.45, 7) is 1.95. The largest absolute Gasteiger partial charge is 0.322 e. The number of benzene rings is 2. The molecular formula is C24H20N4O5. The molecule has 0 N–H and O–H groups in total. The molecule has 2 aromatic carbocycles. The third kappa shape index (κ3) is 4.47. The first kappa shape index (κ1) is 21.8. The van der Waals surface area contributed by atoms with Crippen LogP contribution in [0.4, 0.5) is 11.4 Å². The summed E-state index contributed by atoms with van der Waals surface area (Å²) in [5.74, 6) is -1.41. The second-order valence-corrected chi connectivity index (χ2v) is 7.72. The van der Waals surface area contributed by atoms with Crippen LogP contribution in [0, 0.1) is 17.0 Å². The fourth-order valence-corrected chi connectivity index (χ4v) is 3.73. The van der Waals surface area contributed by atoms with Gasteiger partial charge in [0.1, 0.15) is 6.04 Å². The summed E-state index contributed by atoms with van der Waals surface area (Å²) in [5, 5.41) is 11.0. The Kier molecular flexibility index (Phi) is 5.95. The van der Waals surface area contributed by atoms with Crippen molar-refractivity contribution >= 4 is 29.1 Å². The second-order valence-electron chi connectivity index (χ2n) is 7.72. The molecule has 3 aromatic rings. The predicted octanol–water partition coefficient (Wildman–Crippen LogP) is 3.27. The van der Waals surface area contributed by atoms with Crippen LogP contribution in [0.3, 0.4) is 0 Å². The molecule has 1 aliphatic rings. The maximum atomic E-state index is 13.4. The van der Waals surface area contributed by atoms with E-state index in [0.717, 1.165) is 10.5 Å². The number of hydrogen-bond donors (Lipinski definition) is 0. The fourth-order valence-electron chi connectivity index (χ4n) is 3.73. The van der Waals surface area contributed by atoms with Crippen LogP contribution in [0.15, 0.2) is 73.1 Å². The number of hydrogen-bond acceptors (Lipinski definition) is 6. The molecule has 166 valence electrons. The minimum absolute atomic E-state index is 0.0507. The number of nitro benzene ring substituents is 1. The second kappa shape index (κ2) is 8.99. The van der Waals surface area contributed by atoms with E-state index < -0.39 is 28.7 Å². The lowest BCUT2D eigenvalue weighted by atomic mass is 10.1. The molecule has 0 bridgehead atoms. The number of carbonyl (C=O) groups excluding carboxylic acids is 3. The van der Waals surface area contributed by atoms with Crippen molar-refractivity contribution in [3.05, 3.63) is 99.9 Å². The molecule has 0 aliphatic carbocycles. The maximum Gasteiger partial charge on any atom is 0.269 e. The van der Waals surface area contributed by atoms with Crippen molar-refractivity contribution in [3.63, 3.8) is 0 Å². The molecule has 9 heteroatoms. The summed E-state index contributed by atoms with van der Waals surface area (Å²) in [6, 6.07) is 14.6. The number of aryl methyl sites for hydroxylation is 1. The highest BCUT2D eigenvalue weighted by Gasteiger charge is 2.44. The molecule has 0 spiro atoms. The molecule has 33 heavy (non-hydrogen) atoms. The van der Waals surface area contributed by atoms with Crippen molar-refractivity contribution in [2.45, 2.75) is 25.9 Å². The molecule has 0 saturated carbocycles. The lowest BCUT2D eigenvalue weighted by molar-refractivity contribution is -0.384. The smallest absolute Gasteiger partial charge is 0.269 e. The topological polar surface area (TPSA) is 114 Å². The Hall–Kier alpha value is -4.40. The summed E-state index contributed by atoms with van der Waals surface area (Å²) in [6.07, 6.45) is 3.01. The number of pyridine rings is 1. The Labute approximate surface area is 189 Å². The first-order chi connectivity index (χ1) is 15.8. The normalized spacial score (nSPS) is 15.5. The Balaban J connectivity index is 1.67. The summed E-state index contributed by atoms with van der Waals surface area (Å²) in [7, 11) is 0. The van der Waals surface area contributed by atoms with Gasteiger partial charge in [0.25, 0.3) is 17.5 Å². The number of carbonyl (C=O) groups is 3. The number of non-ortho nitro benzene ring substituents is 1. The summed E-state index contributed by atoms with van der Waals surface area (Å²) >= 11 is 0. The molecule has 2 heterocycles. The van der Waals surface area contributed by atoms with Gasteiger partial charge in [-0.05, 0) is 42.8 Å². The van der Waals surface area contributed by atoms with Gasteiger partial charge in [0.2, 0.25) is 5.91 Å². The van der Waals surface area contributed by atoms with Crippen molar-refractivity contribution < 1.29 is 19.3 Å². The molecule has 0 radical (unpaired) electrons. The number of rotatable bonds is 6. The zero-order valence-corrected chi connectivity index (χ0v) is 17.7. The van der Waals surface area contributed by atoms with Crippen molar-refractivity contribution in [3.8, 4) is 0 Å². The molecular weight excluding hydrogens is 424 g/mol. The average Bonchev–Trinajstić information content (AvgIpc) is 3.12. The Morgan fingerprint density at radius 2 is 1.82 bits per heavy atom. The van der Waals surface area contributed by atoms with Gasteiger partial charge in [0.15, 0.2) is 0 Å². The van der Waals surface area contributed by atoms with Crippen molar-refractivity contribution in [2.75, 3.05) is 4.90 Å². The van der Waals surface area contributed by atoms with Crippen LogP contribution in [0.25, 0.3) is 0 Å². The van der Waals surface area contributed by atoms with Crippen LogP contribution in [0.1, 0.15) is 27.9 Å². The Morgan fingerprint density at radius 1 is 1.12 bits per heavy atom. The average molecular weight is 444 g/mol. The highest BCUT2D eigenvalue weighted by atomic mass is 16.6. The van der Waals surface area contributed by atoms with Crippen LogP contribution >= 0.6 is 0 Å². The molecule has 1 saturated heterocycles. The quantitative estimate of drug-likeness (QED) is 0.328. The van der Waals surface area contributed by atoms with Gasteiger partial charge in [-0.2, -0.15) is 0 Å². The van der Waals surface area contributed by atoms with Crippen molar-refractivity contribution in [1.29, 1.82) is 0 Å². The lowest BCUT2D eigenvalue weighted by Gasteiger charge is -2.28. The van der Waals surface area contributed by atoms with Crippen LogP contribution in [0.5, 0.6) is 0 Å². The van der Waals surface area contributed by atoms with Gasteiger partial charge in [-0.25, -0.2) is 4.90 Å². The molecule has 1 fully saturated rings. The van der Waals surface area contributed by atoms with E-state index in [2.05, 4.69) is 4.98 Å². The van der Waals surface area contributed by atoms with Gasteiger partial charge in [-0.3, -0.25) is 29.5 Å². The molecule has 1 unspecified atom stereocenters. The van der Waals surface area contributed by atoms with Crippen LogP contribution in [-0.2, 0) is 16.1 Å². The molecule has 3 amide bonds. The summed E-state index contributed by atoms with van der Waals surface area (Å²) < 4.78 is 0. The van der Waals surface area contributed by atoms with Gasteiger partial charge in [-0.1, -0.05) is 23.8 Å². The van der Waals surface area contributed by atoms with E-state index in [0.29, 0.717) is 11.3 Å². The predicted molar refractivity (Wildman–Crippen MR) is 119 cm³/mol. The third-order valence-corrected chi connectivity index (χ3v) is 5.45. The summed E-state index contributed by atoms with van der Waals surface area (Å²) in [5.41, 5.74) is 2.14. The number of imide groups is 1. The molecule has 1 atom stereocenters. The van der Waals surface area contributed by atoms with E-state index in [1.807, 2.05) is 6.92 Å². The highest BCUT2D eigenvalue weighted by molar-refractivity contribution is 6.23. The van der Waals surface area contributed by atoms with E-state index >= 15 is 0 Å². The molecule has 9 nitrogen and oxygen atoms in total. The van der Waals surface area contributed by atoms with E-state index in [1.54, 1.807) is 48.8 Å². The van der Waals surface area contributed by atoms with Crippen LogP contribution in [-0.4, -0.2) is 38.6 Å². The number of aromatic nitrogens is 1. The van der Waals surface area contributed by atoms with E-state index in [9.17, 15) is 24.5 Å². The monoisotopic (exact) mass is 444 g/mol. The van der Waals surface area contributed by atoms with Gasteiger partial charge in [0, 0.05) is 36.6 Å². The zero-order chi connectivity index (χ0) is 23.5. The molecule has 1 aromatic heterocycles. The van der Waals surface area contributed by atoms with Gasteiger partial charge >= 0.3 is 0 Å². The van der Waals surface area contributed by atoms with E-state index in [-0.39, 0.29) is 24.2 Å². The highest BCUT2D eigenvalue weighted by Crippen LogP contribution is 2.28. The number of anilines is 1. The number of nitro groups is 1. The van der Waals surface area contributed by atoms with Crippen molar-refractivity contribution in [2.24, 2.45) is 0 Å². The van der Waals surface area contributed by atoms with Gasteiger partial charge in [0.05, 0.1) is 17.0 Å².